The van der Waals surface area contributed by atoms with Crippen LogP contribution in [0.25, 0.3) is 0 Å². The van der Waals surface area contributed by atoms with E-state index in [2.05, 4.69) is 16.3 Å². The second-order valence-corrected chi connectivity index (χ2v) is 6.77. The summed E-state index contributed by atoms with van der Waals surface area (Å²) in [4.78, 5) is 3.76. The summed E-state index contributed by atoms with van der Waals surface area (Å²) < 4.78 is 5.25. The predicted octanol–water partition coefficient (Wildman–Crippen LogP) is 1.66. The molecule has 1 aliphatic rings. The summed E-state index contributed by atoms with van der Waals surface area (Å²) in [5.41, 5.74) is 2.92. The highest BCUT2D eigenvalue weighted by atomic mass is 32.1. The van der Waals surface area contributed by atoms with Crippen molar-refractivity contribution in [3.05, 3.63) is 59.7 Å². The fourth-order valence-corrected chi connectivity index (χ4v) is 3.39. The number of quaternary nitrogens is 1. The first-order valence-electron chi connectivity index (χ1n) is 8.70. The molecule has 26 heavy (non-hydrogen) atoms. The molecule has 2 aromatic rings. The van der Waals surface area contributed by atoms with Gasteiger partial charge in [-0.1, -0.05) is 18.2 Å². The van der Waals surface area contributed by atoms with Gasteiger partial charge in [-0.25, -0.2) is 0 Å². The van der Waals surface area contributed by atoms with Gasteiger partial charge in [-0.2, -0.15) is 5.26 Å². The number of hydrogen-bond acceptors (Lipinski definition) is 3. The quantitative estimate of drug-likeness (QED) is 0.805. The van der Waals surface area contributed by atoms with E-state index in [1.807, 2.05) is 48.5 Å². The first kappa shape index (κ1) is 18.2. The van der Waals surface area contributed by atoms with Crippen LogP contribution < -0.4 is 15.0 Å². The van der Waals surface area contributed by atoms with Crippen LogP contribution in [0, 0.1) is 11.3 Å². The van der Waals surface area contributed by atoms with E-state index in [1.165, 1.54) is 10.5 Å². The molecule has 0 spiro atoms. The van der Waals surface area contributed by atoms with Crippen LogP contribution >= 0.6 is 12.2 Å². The lowest BCUT2D eigenvalue weighted by Gasteiger charge is -2.34. The van der Waals surface area contributed by atoms with E-state index in [4.69, 9.17) is 22.2 Å². The number of rotatable bonds is 4. The molecule has 2 N–H and O–H groups in total. The van der Waals surface area contributed by atoms with E-state index in [0.717, 1.165) is 49.3 Å². The van der Waals surface area contributed by atoms with Crippen LogP contribution in [-0.4, -0.2) is 43.3 Å². The first-order valence-corrected chi connectivity index (χ1v) is 9.11. The van der Waals surface area contributed by atoms with Gasteiger partial charge in [-0.15, -0.1) is 0 Å². The second kappa shape index (κ2) is 8.65. The number of methoxy groups -OCH3 is 1. The molecule has 0 aromatic heterocycles. The van der Waals surface area contributed by atoms with E-state index in [1.54, 1.807) is 7.11 Å². The van der Waals surface area contributed by atoms with Gasteiger partial charge in [0, 0.05) is 17.3 Å². The Labute approximate surface area is 159 Å². The highest BCUT2D eigenvalue weighted by molar-refractivity contribution is 7.80. The number of thiocarbonyl (C=S) groups is 1. The molecule has 3 rings (SSSR count). The molecular weight excluding hydrogens is 344 g/mol. The van der Waals surface area contributed by atoms with Gasteiger partial charge in [0.25, 0.3) is 0 Å². The van der Waals surface area contributed by atoms with E-state index in [-0.39, 0.29) is 0 Å². The maximum Gasteiger partial charge on any atom is 0.173 e. The number of ether oxygens (including phenoxy) is 1. The van der Waals surface area contributed by atoms with Crippen LogP contribution in [0.15, 0.2) is 48.5 Å². The van der Waals surface area contributed by atoms with Crippen molar-refractivity contribution in [3.8, 4) is 11.8 Å². The van der Waals surface area contributed by atoms with Gasteiger partial charge in [0.15, 0.2) is 5.11 Å². The number of nitrogens with zero attached hydrogens (tertiary/aromatic N) is 2. The van der Waals surface area contributed by atoms with Crippen molar-refractivity contribution in [3.63, 3.8) is 0 Å². The Bertz CT molecular complexity index is 792. The van der Waals surface area contributed by atoms with Crippen molar-refractivity contribution < 1.29 is 9.64 Å². The highest BCUT2D eigenvalue weighted by Crippen LogP contribution is 2.17. The monoisotopic (exact) mass is 367 g/mol. The Balaban J connectivity index is 1.49. The maximum atomic E-state index is 8.88. The first-order chi connectivity index (χ1) is 12.7. The lowest BCUT2D eigenvalue weighted by molar-refractivity contribution is -0.917. The van der Waals surface area contributed by atoms with Crippen molar-refractivity contribution in [2.24, 2.45) is 0 Å². The molecule has 1 aliphatic heterocycles. The molecule has 134 valence electrons. The zero-order valence-electron chi connectivity index (χ0n) is 14.9. The number of benzene rings is 2. The lowest BCUT2D eigenvalue weighted by Crippen LogP contribution is -3.13. The normalized spacial score (nSPS) is 14.5. The summed E-state index contributed by atoms with van der Waals surface area (Å²) in [5, 5.41) is 12.9. The number of anilines is 1. The molecular formula is C20H23N4OS+. The Kier molecular flexibility index (Phi) is 6.05. The number of piperazine rings is 1. The van der Waals surface area contributed by atoms with Crippen molar-refractivity contribution in [2.45, 2.75) is 6.54 Å². The highest BCUT2D eigenvalue weighted by Gasteiger charge is 2.22. The summed E-state index contributed by atoms with van der Waals surface area (Å²) in [6.45, 7) is 4.93. The minimum absolute atomic E-state index is 0.711. The summed E-state index contributed by atoms with van der Waals surface area (Å²) >= 11 is 5.57. The van der Waals surface area contributed by atoms with E-state index in [9.17, 15) is 0 Å². The third kappa shape index (κ3) is 4.72. The third-order valence-electron chi connectivity index (χ3n) is 4.62. The van der Waals surface area contributed by atoms with Gasteiger partial charge in [0.2, 0.25) is 0 Å². The van der Waals surface area contributed by atoms with Gasteiger partial charge in [0.05, 0.1) is 44.9 Å². The van der Waals surface area contributed by atoms with Crippen LogP contribution in [0.4, 0.5) is 5.69 Å². The molecule has 1 fully saturated rings. The van der Waals surface area contributed by atoms with E-state index >= 15 is 0 Å². The largest absolute Gasteiger partial charge is 0.497 e. The Morgan fingerprint density at radius 1 is 1.23 bits per heavy atom. The molecule has 0 radical (unpaired) electrons. The average Bonchev–Trinajstić information content (AvgIpc) is 2.69. The molecule has 1 saturated heterocycles. The Morgan fingerprint density at radius 2 is 1.96 bits per heavy atom. The number of nitriles is 1. The van der Waals surface area contributed by atoms with Crippen LogP contribution in [0.1, 0.15) is 11.1 Å². The molecule has 0 amide bonds. The summed E-state index contributed by atoms with van der Waals surface area (Å²) in [5.74, 6) is 0.814. The van der Waals surface area contributed by atoms with Gasteiger partial charge < -0.3 is 19.9 Å². The fraction of sp³-hybridized carbons (Fsp3) is 0.300. The van der Waals surface area contributed by atoms with Gasteiger partial charge in [-0.05, 0) is 36.5 Å². The number of nitrogens with one attached hydrogen (secondary N) is 2. The molecule has 0 atom stereocenters. The zero-order chi connectivity index (χ0) is 18.4. The molecule has 0 unspecified atom stereocenters. The summed E-state index contributed by atoms with van der Waals surface area (Å²) in [7, 11) is 1.66. The number of hydrogen-bond donors (Lipinski definition) is 2. The molecule has 0 saturated carbocycles. The second-order valence-electron chi connectivity index (χ2n) is 6.38. The molecule has 0 bridgehead atoms. The maximum absolute atomic E-state index is 8.88. The zero-order valence-corrected chi connectivity index (χ0v) is 15.7. The van der Waals surface area contributed by atoms with Gasteiger partial charge >= 0.3 is 0 Å². The topological polar surface area (TPSA) is 52.7 Å². The smallest absolute Gasteiger partial charge is 0.173 e. The Morgan fingerprint density at radius 3 is 2.62 bits per heavy atom. The Hall–Kier alpha value is -2.62. The molecule has 2 aromatic carbocycles. The average molecular weight is 367 g/mol. The molecule has 6 heteroatoms. The summed E-state index contributed by atoms with van der Waals surface area (Å²) in [6.07, 6.45) is 0. The van der Waals surface area contributed by atoms with E-state index in [0.29, 0.717) is 5.56 Å². The van der Waals surface area contributed by atoms with E-state index < -0.39 is 0 Å². The molecule has 1 heterocycles. The van der Waals surface area contributed by atoms with Crippen LogP contribution in [0.2, 0.25) is 0 Å². The standard InChI is InChI=1S/C20H22N4OS/c1-25-19-4-2-3-18(13-19)22-20(26)24-11-9-23(10-12-24)15-17-7-5-16(14-21)6-8-17/h2-8,13H,9-12,15H2,1H3,(H,22,26)/p+1. The van der Waals surface area contributed by atoms with Crippen molar-refractivity contribution >= 4 is 23.0 Å². The predicted molar refractivity (Wildman–Crippen MR) is 106 cm³/mol. The van der Waals surface area contributed by atoms with Crippen LogP contribution in [0.3, 0.4) is 0 Å². The third-order valence-corrected chi connectivity index (χ3v) is 4.98. The van der Waals surface area contributed by atoms with Crippen molar-refractivity contribution in [2.75, 3.05) is 38.6 Å². The molecule has 0 aliphatic carbocycles. The van der Waals surface area contributed by atoms with Crippen LogP contribution in [0.5, 0.6) is 5.75 Å². The summed E-state index contributed by atoms with van der Waals surface area (Å²) in [6, 6.07) is 17.8. The lowest BCUT2D eigenvalue weighted by atomic mass is 10.1. The fourth-order valence-electron chi connectivity index (χ4n) is 3.09. The van der Waals surface area contributed by atoms with Gasteiger partial charge in [0.1, 0.15) is 12.3 Å². The SMILES string of the molecule is COc1cccc(NC(=S)N2CC[NH+](Cc3ccc(C#N)cc3)CC2)c1. The van der Waals surface area contributed by atoms with Crippen LogP contribution in [-0.2, 0) is 6.54 Å². The van der Waals surface area contributed by atoms with Crippen molar-refractivity contribution in [1.82, 2.24) is 4.90 Å². The minimum atomic E-state index is 0.711. The minimum Gasteiger partial charge on any atom is -0.497 e. The van der Waals surface area contributed by atoms with Crippen molar-refractivity contribution in [1.29, 1.82) is 5.26 Å². The van der Waals surface area contributed by atoms with Gasteiger partial charge in [-0.3, -0.25) is 0 Å². The molecule has 5 nitrogen and oxygen atoms in total.